The van der Waals surface area contributed by atoms with E-state index in [0.717, 1.165) is 18.2 Å². The predicted molar refractivity (Wildman–Crippen MR) is 77.2 cm³/mol. The first-order valence-corrected chi connectivity index (χ1v) is 6.01. The van der Waals surface area contributed by atoms with Gasteiger partial charge in [0.05, 0.1) is 15.9 Å². The number of nitro benzene ring substituents is 2. The summed E-state index contributed by atoms with van der Waals surface area (Å²) in [6, 6.07) is 7.69. The average Bonchev–Trinajstić information content (AvgIpc) is 2.57. The molecule has 0 aromatic heterocycles. The Bertz CT molecular complexity index is 820. The molecule has 0 unspecified atom stereocenters. The number of nitro groups is 2. The lowest BCUT2D eigenvalue weighted by Gasteiger charge is -1.99. The van der Waals surface area contributed by atoms with Crippen LogP contribution in [0.4, 0.5) is 11.4 Å². The summed E-state index contributed by atoms with van der Waals surface area (Å²) in [6.45, 7) is 0. The van der Waals surface area contributed by atoms with Crippen molar-refractivity contribution in [3.8, 4) is 12.1 Å². The van der Waals surface area contributed by atoms with Crippen molar-refractivity contribution in [2.45, 2.75) is 0 Å². The van der Waals surface area contributed by atoms with Crippen LogP contribution in [0.3, 0.4) is 0 Å². The van der Waals surface area contributed by atoms with Gasteiger partial charge in [0.25, 0.3) is 11.4 Å². The summed E-state index contributed by atoms with van der Waals surface area (Å²) < 4.78 is 0. The third-order valence-electron chi connectivity index (χ3n) is 2.55. The first-order valence-electron chi connectivity index (χ1n) is 6.01. The molecular formula is C14H6N4O6. The van der Waals surface area contributed by atoms with E-state index in [1.165, 1.54) is 18.2 Å². The first-order chi connectivity index (χ1) is 11.3. The van der Waals surface area contributed by atoms with Crippen LogP contribution in [0, 0.1) is 42.9 Å². The van der Waals surface area contributed by atoms with Gasteiger partial charge in [0, 0.05) is 24.3 Å². The van der Waals surface area contributed by atoms with Crippen LogP contribution in [-0.2, 0) is 9.59 Å². The summed E-state index contributed by atoms with van der Waals surface area (Å²) in [6.07, 6.45) is 1.84. The predicted octanol–water partition coefficient (Wildman–Crippen LogP) is 1.54. The van der Waals surface area contributed by atoms with Crippen LogP contribution in [0.1, 0.15) is 0 Å². The average molecular weight is 326 g/mol. The van der Waals surface area contributed by atoms with E-state index in [0.29, 0.717) is 0 Å². The van der Waals surface area contributed by atoms with Crippen LogP contribution in [-0.4, -0.2) is 21.4 Å². The maximum absolute atomic E-state index is 11.0. The fourth-order valence-corrected chi connectivity index (χ4v) is 1.49. The molecule has 118 valence electrons. The van der Waals surface area contributed by atoms with Gasteiger partial charge < -0.3 is 0 Å². The number of nitrogens with zero attached hydrogens (tertiary/aromatic N) is 4. The zero-order valence-corrected chi connectivity index (χ0v) is 11.7. The summed E-state index contributed by atoms with van der Waals surface area (Å²) in [5, 5.41) is 37.0. The Kier molecular flexibility index (Phi) is 5.75. The number of nitriles is 2. The van der Waals surface area contributed by atoms with E-state index in [9.17, 15) is 29.8 Å². The number of carbonyl (C=O) groups excluding carboxylic acids is 2. The van der Waals surface area contributed by atoms with Crippen LogP contribution in [0.5, 0.6) is 0 Å². The highest BCUT2D eigenvalue weighted by Crippen LogP contribution is 2.18. The Morgan fingerprint density at radius 1 is 0.875 bits per heavy atom. The second kappa shape index (κ2) is 7.72. The van der Waals surface area contributed by atoms with Crippen molar-refractivity contribution in [3.63, 3.8) is 0 Å². The quantitative estimate of drug-likeness (QED) is 0.447. The molecule has 0 saturated carbocycles. The molecule has 0 saturated heterocycles. The molecule has 1 aliphatic carbocycles. The van der Waals surface area contributed by atoms with Gasteiger partial charge in [-0.1, -0.05) is 0 Å². The smallest absolute Gasteiger partial charge is 0.276 e. The molecule has 0 aliphatic heterocycles. The number of Topliss-reactive ketones (excluding diaryl/α,β-unsaturated/α-hetero) is 1. The van der Waals surface area contributed by atoms with E-state index in [-0.39, 0.29) is 22.5 Å². The SMILES string of the molecule is N#CC1=CC(=O)C=C(C#N)C1=O.O=[N+]([O-])c1cccc([N+](=O)[O-])c1. The summed E-state index contributed by atoms with van der Waals surface area (Å²) in [5.74, 6) is -1.18. The highest BCUT2D eigenvalue weighted by molar-refractivity contribution is 6.23. The lowest BCUT2D eigenvalue weighted by molar-refractivity contribution is -0.394. The van der Waals surface area contributed by atoms with Crippen LogP contribution in [0.15, 0.2) is 47.6 Å². The summed E-state index contributed by atoms with van der Waals surface area (Å²) >= 11 is 0. The van der Waals surface area contributed by atoms with Gasteiger partial charge in [-0.3, -0.25) is 29.8 Å². The molecule has 0 amide bonds. The minimum atomic E-state index is -0.681. The zero-order chi connectivity index (χ0) is 18.3. The second-order valence-corrected chi connectivity index (χ2v) is 4.11. The standard InChI is InChI=1S/C8H2N2O2.C6H4N2O4/c9-3-5-1-7(11)2-6(4-10)8(5)12;9-7(10)5-2-1-3-6(4-5)8(11)12/h1-2H;1-4H. The number of allylic oxidation sites excluding steroid dienone is 4. The highest BCUT2D eigenvalue weighted by atomic mass is 16.6. The molecule has 1 aromatic rings. The van der Waals surface area contributed by atoms with Crippen molar-refractivity contribution in [2.75, 3.05) is 0 Å². The number of hydrogen-bond donors (Lipinski definition) is 0. The molecule has 10 nitrogen and oxygen atoms in total. The Labute approximate surface area is 133 Å². The van der Waals surface area contributed by atoms with Crippen molar-refractivity contribution >= 4 is 22.9 Å². The van der Waals surface area contributed by atoms with Gasteiger partial charge in [-0.05, 0) is 6.07 Å². The van der Waals surface area contributed by atoms with Crippen molar-refractivity contribution in [2.24, 2.45) is 0 Å². The number of carbonyl (C=O) groups is 2. The minimum absolute atomic E-state index is 0.274. The van der Waals surface area contributed by atoms with Gasteiger partial charge >= 0.3 is 0 Å². The topological polar surface area (TPSA) is 168 Å². The summed E-state index contributed by atoms with van der Waals surface area (Å²) in [5.41, 5.74) is -1.11. The van der Waals surface area contributed by atoms with Crippen molar-refractivity contribution < 1.29 is 19.4 Å². The lowest BCUT2D eigenvalue weighted by atomic mass is 9.98. The number of hydrogen-bond acceptors (Lipinski definition) is 8. The molecule has 0 bridgehead atoms. The van der Waals surface area contributed by atoms with Crippen LogP contribution in [0.25, 0.3) is 0 Å². The van der Waals surface area contributed by atoms with Crippen LogP contribution < -0.4 is 0 Å². The fraction of sp³-hybridized carbons (Fsp3) is 0. The van der Waals surface area contributed by atoms with E-state index in [4.69, 9.17) is 10.5 Å². The molecule has 24 heavy (non-hydrogen) atoms. The molecule has 0 N–H and O–H groups in total. The van der Waals surface area contributed by atoms with E-state index in [1.807, 2.05) is 0 Å². The van der Waals surface area contributed by atoms with Gasteiger partial charge in [0.15, 0.2) is 5.78 Å². The molecular weight excluding hydrogens is 320 g/mol. The van der Waals surface area contributed by atoms with Gasteiger partial charge in [-0.2, -0.15) is 10.5 Å². The minimum Gasteiger partial charge on any atom is -0.290 e. The summed E-state index contributed by atoms with van der Waals surface area (Å²) in [4.78, 5) is 40.7. The molecule has 0 heterocycles. The van der Waals surface area contributed by atoms with Gasteiger partial charge in [-0.15, -0.1) is 0 Å². The molecule has 10 heteroatoms. The van der Waals surface area contributed by atoms with E-state index >= 15 is 0 Å². The Hall–Kier alpha value is -4.18. The highest BCUT2D eigenvalue weighted by Gasteiger charge is 2.20. The summed E-state index contributed by atoms with van der Waals surface area (Å²) in [7, 11) is 0. The van der Waals surface area contributed by atoms with Crippen LogP contribution >= 0.6 is 0 Å². The van der Waals surface area contributed by atoms with Gasteiger partial charge in [0.1, 0.15) is 23.3 Å². The number of benzene rings is 1. The molecule has 1 aromatic carbocycles. The molecule has 0 fully saturated rings. The lowest BCUT2D eigenvalue weighted by Crippen LogP contribution is -2.11. The van der Waals surface area contributed by atoms with Crippen molar-refractivity contribution in [1.82, 2.24) is 0 Å². The number of ketones is 2. The third kappa shape index (κ3) is 4.41. The maximum Gasteiger partial charge on any atom is 0.276 e. The largest absolute Gasteiger partial charge is 0.290 e. The molecule has 0 radical (unpaired) electrons. The number of non-ortho nitro benzene ring substituents is 2. The van der Waals surface area contributed by atoms with E-state index in [2.05, 4.69) is 0 Å². The zero-order valence-electron chi connectivity index (χ0n) is 11.7. The normalized spacial score (nSPS) is 12.6. The molecule has 0 atom stereocenters. The van der Waals surface area contributed by atoms with E-state index in [1.54, 1.807) is 12.1 Å². The van der Waals surface area contributed by atoms with Gasteiger partial charge in [0.2, 0.25) is 5.78 Å². The monoisotopic (exact) mass is 326 g/mol. The Balaban J connectivity index is 0.000000240. The van der Waals surface area contributed by atoms with Gasteiger partial charge in [-0.25, -0.2) is 0 Å². The molecule has 2 rings (SSSR count). The Morgan fingerprint density at radius 3 is 1.62 bits per heavy atom. The molecule has 0 spiro atoms. The Morgan fingerprint density at radius 2 is 1.29 bits per heavy atom. The second-order valence-electron chi connectivity index (χ2n) is 4.11. The number of rotatable bonds is 2. The van der Waals surface area contributed by atoms with Crippen molar-refractivity contribution in [1.29, 1.82) is 10.5 Å². The fourth-order valence-electron chi connectivity index (χ4n) is 1.49. The maximum atomic E-state index is 11.0. The first kappa shape index (κ1) is 17.9. The van der Waals surface area contributed by atoms with Crippen molar-refractivity contribution in [3.05, 3.63) is 67.8 Å². The third-order valence-corrected chi connectivity index (χ3v) is 2.55. The van der Waals surface area contributed by atoms with Crippen LogP contribution in [0.2, 0.25) is 0 Å². The molecule has 1 aliphatic rings. The van der Waals surface area contributed by atoms with E-state index < -0.39 is 21.4 Å².